The summed E-state index contributed by atoms with van der Waals surface area (Å²) in [6.45, 7) is 0. The Hall–Kier alpha value is -0.316. The SMILES string of the molecule is CN(C)C1CCC(=O)OC1=O.[V]. The number of hydrogen-bond donors (Lipinski definition) is 0. The summed E-state index contributed by atoms with van der Waals surface area (Å²) in [6, 6.07) is -0.243. The van der Waals surface area contributed by atoms with Crippen LogP contribution in [0, 0.1) is 0 Å². The van der Waals surface area contributed by atoms with E-state index in [1.165, 1.54) is 0 Å². The Balaban J connectivity index is 0.00000121. The van der Waals surface area contributed by atoms with Gasteiger partial charge in [0.05, 0.1) is 0 Å². The molecule has 1 fully saturated rings. The predicted octanol–water partition coefficient (Wildman–Crippen LogP) is -0.222. The maximum atomic E-state index is 11.0. The molecule has 1 aliphatic rings. The molecule has 4 nitrogen and oxygen atoms in total. The van der Waals surface area contributed by atoms with E-state index in [1.54, 1.807) is 19.0 Å². The van der Waals surface area contributed by atoms with Crippen LogP contribution in [0.4, 0.5) is 0 Å². The van der Waals surface area contributed by atoms with Crippen molar-refractivity contribution in [3.05, 3.63) is 0 Å². The Morgan fingerprint density at radius 3 is 2.42 bits per heavy atom. The van der Waals surface area contributed by atoms with Crippen LogP contribution in [0.5, 0.6) is 0 Å². The second-order valence-corrected chi connectivity index (χ2v) is 2.81. The van der Waals surface area contributed by atoms with Crippen LogP contribution in [0.25, 0.3) is 0 Å². The third-order valence-corrected chi connectivity index (χ3v) is 1.73. The largest absolute Gasteiger partial charge is 0.392 e. The smallest absolute Gasteiger partial charge is 0.330 e. The van der Waals surface area contributed by atoms with E-state index in [2.05, 4.69) is 4.74 Å². The van der Waals surface area contributed by atoms with E-state index in [0.29, 0.717) is 12.8 Å². The van der Waals surface area contributed by atoms with E-state index in [0.717, 1.165) is 0 Å². The molecule has 1 heterocycles. The van der Waals surface area contributed by atoms with Gasteiger partial charge in [-0.1, -0.05) is 0 Å². The first kappa shape index (κ1) is 11.7. The number of hydrogen-bond acceptors (Lipinski definition) is 4. The fourth-order valence-corrected chi connectivity index (χ4v) is 1.07. The Bertz CT molecular complexity index is 193. The summed E-state index contributed by atoms with van der Waals surface area (Å²) in [5.74, 6) is -0.834. The van der Waals surface area contributed by atoms with Crippen LogP contribution >= 0.6 is 0 Å². The van der Waals surface area contributed by atoms with Crippen molar-refractivity contribution in [3.8, 4) is 0 Å². The van der Waals surface area contributed by atoms with Gasteiger partial charge in [-0.2, -0.15) is 0 Å². The van der Waals surface area contributed by atoms with Gasteiger partial charge in [-0.05, 0) is 20.5 Å². The average Bonchev–Trinajstić information content (AvgIpc) is 1.85. The molecule has 0 bridgehead atoms. The van der Waals surface area contributed by atoms with Crippen LogP contribution in [-0.4, -0.2) is 37.0 Å². The van der Waals surface area contributed by atoms with Crippen LogP contribution < -0.4 is 0 Å². The van der Waals surface area contributed by atoms with Gasteiger partial charge < -0.3 is 4.74 Å². The molecule has 1 aliphatic heterocycles. The number of esters is 2. The number of carbonyl (C=O) groups excluding carboxylic acids is 2. The summed E-state index contributed by atoms with van der Waals surface area (Å²) < 4.78 is 4.44. The molecule has 1 unspecified atom stereocenters. The fraction of sp³-hybridized carbons (Fsp3) is 0.714. The minimum absolute atomic E-state index is 0. The minimum Gasteiger partial charge on any atom is -0.392 e. The molecule has 67 valence electrons. The maximum absolute atomic E-state index is 11.0. The molecule has 12 heavy (non-hydrogen) atoms. The number of nitrogens with zero attached hydrogens (tertiary/aromatic N) is 1. The van der Waals surface area contributed by atoms with Gasteiger partial charge in [0.25, 0.3) is 0 Å². The van der Waals surface area contributed by atoms with Crippen molar-refractivity contribution in [2.75, 3.05) is 14.1 Å². The van der Waals surface area contributed by atoms with E-state index in [9.17, 15) is 9.59 Å². The second kappa shape index (κ2) is 4.65. The van der Waals surface area contributed by atoms with Crippen LogP contribution in [-0.2, 0) is 32.9 Å². The van der Waals surface area contributed by atoms with Crippen molar-refractivity contribution in [2.45, 2.75) is 18.9 Å². The monoisotopic (exact) mass is 208 g/mol. The summed E-state index contributed by atoms with van der Waals surface area (Å²) >= 11 is 0. The Morgan fingerprint density at radius 1 is 1.42 bits per heavy atom. The summed E-state index contributed by atoms with van der Waals surface area (Å²) in [4.78, 5) is 23.3. The first-order valence-corrected chi connectivity index (χ1v) is 3.52. The molecule has 1 atom stereocenters. The Morgan fingerprint density at radius 2 is 2.00 bits per heavy atom. The molecule has 1 rings (SSSR count). The minimum atomic E-state index is -0.425. The molecule has 0 N–H and O–H groups in total. The first-order valence-electron chi connectivity index (χ1n) is 3.52. The van der Waals surface area contributed by atoms with E-state index in [1.807, 2.05) is 0 Å². The van der Waals surface area contributed by atoms with Crippen molar-refractivity contribution >= 4 is 11.9 Å². The number of cyclic esters (lactones) is 2. The molecule has 0 aliphatic carbocycles. The standard InChI is InChI=1S/C7H11NO3.V/c1-8(2)5-3-4-6(9)11-7(5)10;/h5H,3-4H2,1-2H3;. The molecule has 1 saturated heterocycles. The third-order valence-electron chi connectivity index (χ3n) is 1.73. The molecule has 1 radical (unpaired) electrons. The van der Waals surface area contributed by atoms with Crippen molar-refractivity contribution in [2.24, 2.45) is 0 Å². The van der Waals surface area contributed by atoms with Gasteiger partial charge in [0, 0.05) is 25.0 Å². The quantitative estimate of drug-likeness (QED) is 0.441. The molecular weight excluding hydrogens is 197 g/mol. The number of likely N-dealkylation sites (N-methyl/N-ethyl adjacent to an activating group) is 1. The van der Waals surface area contributed by atoms with E-state index >= 15 is 0 Å². The second-order valence-electron chi connectivity index (χ2n) is 2.81. The van der Waals surface area contributed by atoms with Gasteiger partial charge in [-0.25, -0.2) is 4.79 Å². The number of carbonyl (C=O) groups is 2. The first-order chi connectivity index (χ1) is 5.11. The van der Waals surface area contributed by atoms with Gasteiger partial charge in [0.15, 0.2) is 0 Å². The van der Waals surface area contributed by atoms with Crippen molar-refractivity contribution in [1.82, 2.24) is 4.90 Å². The summed E-state index contributed by atoms with van der Waals surface area (Å²) in [5.41, 5.74) is 0. The van der Waals surface area contributed by atoms with Crippen molar-refractivity contribution in [1.29, 1.82) is 0 Å². The zero-order chi connectivity index (χ0) is 8.43. The molecule has 0 aromatic heterocycles. The molecule has 0 aromatic rings. The molecule has 0 aromatic carbocycles. The van der Waals surface area contributed by atoms with Crippen LogP contribution in [0.3, 0.4) is 0 Å². The average molecular weight is 208 g/mol. The molecule has 5 heteroatoms. The van der Waals surface area contributed by atoms with Gasteiger partial charge in [0.1, 0.15) is 6.04 Å². The summed E-state index contributed by atoms with van der Waals surface area (Å²) in [5, 5.41) is 0. The fourth-order valence-electron chi connectivity index (χ4n) is 1.07. The van der Waals surface area contributed by atoms with Gasteiger partial charge >= 0.3 is 11.9 Å². The van der Waals surface area contributed by atoms with E-state index in [4.69, 9.17) is 0 Å². The zero-order valence-corrected chi connectivity index (χ0v) is 8.51. The van der Waals surface area contributed by atoms with Crippen molar-refractivity contribution in [3.63, 3.8) is 0 Å². The van der Waals surface area contributed by atoms with Crippen LogP contribution in [0.1, 0.15) is 12.8 Å². The van der Waals surface area contributed by atoms with Gasteiger partial charge in [-0.3, -0.25) is 9.69 Å². The Labute approximate surface area is 83.1 Å². The number of ether oxygens (including phenoxy) is 1. The third kappa shape index (κ3) is 2.62. The van der Waals surface area contributed by atoms with Gasteiger partial charge in [0.2, 0.25) is 0 Å². The zero-order valence-electron chi connectivity index (χ0n) is 7.11. The summed E-state index contributed by atoms with van der Waals surface area (Å²) in [7, 11) is 3.59. The molecule has 0 saturated carbocycles. The van der Waals surface area contributed by atoms with E-state index < -0.39 is 11.9 Å². The summed E-state index contributed by atoms with van der Waals surface area (Å²) in [6.07, 6.45) is 0.916. The van der Waals surface area contributed by atoms with E-state index in [-0.39, 0.29) is 24.6 Å². The molecule has 0 spiro atoms. The molecule has 0 amide bonds. The topological polar surface area (TPSA) is 46.6 Å². The van der Waals surface area contributed by atoms with Crippen LogP contribution in [0.15, 0.2) is 0 Å². The maximum Gasteiger partial charge on any atom is 0.330 e. The molecular formula is C7H11NO3V. The normalized spacial score (nSPS) is 23.4. The number of rotatable bonds is 1. The van der Waals surface area contributed by atoms with Crippen molar-refractivity contribution < 1.29 is 32.9 Å². The Kier molecular flexibility index (Phi) is 4.52. The predicted molar refractivity (Wildman–Crippen MR) is 37.8 cm³/mol. The van der Waals surface area contributed by atoms with Crippen LogP contribution in [0.2, 0.25) is 0 Å². The van der Waals surface area contributed by atoms with Gasteiger partial charge in [-0.15, -0.1) is 0 Å².